The number of ether oxygens (including phenoxy) is 4. The Hall–Kier alpha value is -0.773. The highest BCUT2D eigenvalue weighted by Gasteiger charge is 2.54. The van der Waals surface area contributed by atoms with Gasteiger partial charge in [0.1, 0.15) is 12.0 Å². The van der Waals surface area contributed by atoms with Gasteiger partial charge < -0.3 is 23.4 Å². The van der Waals surface area contributed by atoms with Crippen molar-refractivity contribution in [1.82, 2.24) is 0 Å². The molecule has 7 atom stereocenters. The Kier molecular flexibility index (Phi) is 11.2. The van der Waals surface area contributed by atoms with Crippen LogP contribution >= 0.6 is 15.9 Å². The average Bonchev–Trinajstić information content (AvgIpc) is 2.79. The van der Waals surface area contributed by atoms with Gasteiger partial charge in [0.2, 0.25) is 0 Å². The van der Waals surface area contributed by atoms with Crippen LogP contribution in [0.2, 0.25) is 18.1 Å². The fourth-order valence-electron chi connectivity index (χ4n) is 4.65. The Labute approximate surface area is 228 Å². The minimum absolute atomic E-state index is 0.0552. The van der Waals surface area contributed by atoms with Crippen LogP contribution in [0.5, 0.6) is 0 Å². The average molecular weight is 588 g/mol. The molecule has 206 valence electrons. The molecule has 0 N–H and O–H groups in total. The first-order chi connectivity index (χ1) is 16.7. The summed E-state index contributed by atoms with van der Waals surface area (Å²) in [4.78, 5) is 15.2. The number of cyclic esters (lactones) is 1. The van der Waals surface area contributed by atoms with E-state index in [1.807, 2.05) is 32.1 Å². The molecular formula is C28H47BrO6Si. The van der Waals surface area contributed by atoms with Gasteiger partial charge in [0.25, 0.3) is 0 Å². The van der Waals surface area contributed by atoms with E-state index < -0.39 is 26.1 Å². The molecule has 1 saturated heterocycles. The van der Waals surface area contributed by atoms with Gasteiger partial charge in [-0.1, -0.05) is 67.4 Å². The van der Waals surface area contributed by atoms with Gasteiger partial charge in [-0.05, 0) is 43.0 Å². The summed E-state index contributed by atoms with van der Waals surface area (Å²) < 4.78 is 31.6. The fraction of sp³-hybridized carbons (Fsp3) is 0.750. The molecule has 2 bridgehead atoms. The number of allylic oxidation sites excluding steroid dienone is 2. The lowest BCUT2D eigenvalue weighted by Gasteiger charge is -2.52. The van der Waals surface area contributed by atoms with E-state index in [2.05, 4.69) is 62.8 Å². The number of hydrogen-bond acceptors (Lipinski definition) is 6. The van der Waals surface area contributed by atoms with Crippen molar-refractivity contribution >= 4 is 30.2 Å². The summed E-state index contributed by atoms with van der Waals surface area (Å²) >= 11 is 3.27. The SMILES string of the molecule is CO[C@@H]1/C=C(\C)C[C@H](/C=C/C=C/Br)OC(=O)[C@@H](C)[C@]2(OC)C[C@H](O[Si](C)(C)C(C)(C)C)[C@@H](C)[C@H](C1)O2. The number of hydrogen-bond donors (Lipinski definition) is 0. The minimum atomic E-state index is -2.09. The molecule has 0 aliphatic carbocycles. The van der Waals surface area contributed by atoms with Crippen molar-refractivity contribution in [3.05, 3.63) is 34.9 Å². The van der Waals surface area contributed by atoms with Crippen LogP contribution in [0, 0.1) is 11.8 Å². The van der Waals surface area contributed by atoms with E-state index in [-0.39, 0.29) is 35.2 Å². The first kappa shape index (κ1) is 31.4. The first-order valence-electron chi connectivity index (χ1n) is 12.9. The van der Waals surface area contributed by atoms with Gasteiger partial charge in [0, 0.05) is 39.4 Å². The summed E-state index contributed by atoms with van der Waals surface area (Å²) in [7, 11) is 1.25. The first-order valence-corrected chi connectivity index (χ1v) is 16.8. The lowest BCUT2D eigenvalue weighted by molar-refractivity contribution is -0.319. The lowest BCUT2D eigenvalue weighted by atomic mass is 9.81. The molecule has 2 aliphatic rings. The molecule has 1 fully saturated rings. The van der Waals surface area contributed by atoms with E-state index in [0.717, 1.165) is 5.57 Å². The van der Waals surface area contributed by atoms with Crippen molar-refractivity contribution in [1.29, 1.82) is 0 Å². The Balaban J connectivity index is 2.54. The van der Waals surface area contributed by atoms with Crippen molar-refractivity contribution in [3.8, 4) is 0 Å². The van der Waals surface area contributed by atoms with Crippen molar-refractivity contribution in [2.45, 2.75) is 109 Å². The molecule has 0 amide bonds. The van der Waals surface area contributed by atoms with Gasteiger partial charge in [-0.15, -0.1) is 0 Å². The largest absolute Gasteiger partial charge is 0.457 e. The second kappa shape index (κ2) is 12.9. The fourth-order valence-corrected chi connectivity index (χ4v) is 6.23. The molecule has 2 heterocycles. The maximum atomic E-state index is 13.5. The molecule has 2 rings (SSSR count). The van der Waals surface area contributed by atoms with Gasteiger partial charge >= 0.3 is 5.97 Å². The molecule has 8 heteroatoms. The maximum Gasteiger partial charge on any atom is 0.314 e. The molecule has 0 aromatic heterocycles. The van der Waals surface area contributed by atoms with E-state index in [1.54, 1.807) is 19.2 Å². The number of esters is 1. The van der Waals surface area contributed by atoms with Gasteiger partial charge in [-0.2, -0.15) is 0 Å². The maximum absolute atomic E-state index is 13.5. The third kappa shape index (κ3) is 7.64. The van der Waals surface area contributed by atoms with Crippen molar-refractivity contribution in [2.75, 3.05) is 14.2 Å². The topological polar surface area (TPSA) is 63.2 Å². The molecule has 0 radical (unpaired) electrons. The van der Waals surface area contributed by atoms with Crippen LogP contribution < -0.4 is 0 Å². The highest BCUT2D eigenvalue weighted by atomic mass is 79.9. The Bertz CT molecular complexity index is 832. The van der Waals surface area contributed by atoms with Crippen molar-refractivity contribution < 1.29 is 28.2 Å². The third-order valence-electron chi connectivity index (χ3n) is 8.16. The summed E-state index contributed by atoms with van der Waals surface area (Å²) in [5, 5.41) is 0.0552. The van der Waals surface area contributed by atoms with Gasteiger partial charge in [0.15, 0.2) is 14.1 Å². The predicted octanol–water partition coefficient (Wildman–Crippen LogP) is 6.91. The van der Waals surface area contributed by atoms with Crippen LogP contribution in [0.25, 0.3) is 0 Å². The summed E-state index contributed by atoms with van der Waals surface area (Å²) in [6.07, 6.45) is 8.53. The molecule has 0 saturated carbocycles. The smallest absolute Gasteiger partial charge is 0.314 e. The second-order valence-corrected chi connectivity index (χ2v) is 17.1. The number of methoxy groups -OCH3 is 2. The molecule has 0 aromatic carbocycles. The zero-order valence-electron chi connectivity index (χ0n) is 23.8. The Morgan fingerprint density at radius 3 is 2.42 bits per heavy atom. The summed E-state index contributed by atoms with van der Waals surface area (Å²) in [6.45, 7) is 17.3. The monoisotopic (exact) mass is 586 g/mol. The highest BCUT2D eigenvalue weighted by molar-refractivity contribution is 9.11. The van der Waals surface area contributed by atoms with Gasteiger partial charge in [-0.3, -0.25) is 4.79 Å². The van der Waals surface area contributed by atoms with E-state index in [9.17, 15) is 4.79 Å². The van der Waals surface area contributed by atoms with Crippen LogP contribution in [0.1, 0.15) is 60.8 Å². The molecule has 36 heavy (non-hydrogen) atoms. The molecule has 0 aromatic rings. The lowest BCUT2D eigenvalue weighted by Crippen LogP contribution is -2.60. The van der Waals surface area contributed by atoms with Gasteiger partial charge in [0.05, 0.1) is 18.3 Å². The van der Waals surface area contributed by atoms with Crippen LogP contribution in [0.3, 0.4) is 0 Å². The summed E-state index contributed by atoms with van der Waals surface area (Å²) in [5.41, 5.74) is 1.09. The standard InChI is InChI=1S/C28H47BrO6Si/c1-19-15-22(13-11-12-14-29)33-26(30)21(3)28(32-8)18-25(35-36(9,10)27(4,5)6)20(2)24(34-28)17-23(16-19)31-7/h11-14,16,20-25H,15,17-18H2,1-10H3/b13-11+,14-12+,19-16+/t20-,21+,22-,23+,24-,25-,28-/m0/s1. The molecular weight excluding hydrogens is 540 g/mol. The summed E-state index contributed by atoms with van der Waals surface area (Å²) in [6, 6.07) is 0. The molecule has 2 aliphatic heterocycles. The Morgan fingerprint density at radius 2 is 1.86 bits per heavy atom. The van der Waals surface area contributed by atoms with Crippen LogP contribution in [0.15, 0.2) is 34.9 Å². The van der Waals surface area contributed by atoms with E-state index in [1.165, 1.54) is 0 Å². The number of carbonyl (C=O) groups is 1. The van der Waals surface area contributed by atoms with Crippen LogP contribution in [0.4, 0.5) is 0 Å². The van der Waals surface area contributed by atoms with Crippen LogP contribution in [-0.4, -0.2) is 58.7 Å². The number of fused-ring (bicyclic) bond motifs is 2. The van der Waals surface area contributed by atoms with Crippen LogP contribution in [-0.2, 0) is 28.2 Å². The summed E-state index contributed by atoms with van der Waals surface area (Å²) in [5.74, 6) is -2.03. The minimum Gasteiger partial charge on any atom is -0.457 e. The van der Waals surface area contributed by atoms with Crippen molar-refractivity contribution in [2.24, 2.45) is 11.8 Å². The molecule has 0 spiro atoms. The van der Waals surface area contributed by atoms with Crippen molar-refractivity contribution in [3.63, 3.8) is 0 Å². The third-order valence-corrected chi connectivity index (χ3v) is 13.0. The number of carbonyl (C=O) groups excluding carboxylic acids is 1. The molecule has 0 unspecified atom stereocenters. The normalized spacial score (nSPS) is 36.8. The zero-order valence-corrected chi connectivity index (χ0v) is 26.4. The number of halogens is 1. The quantitative estimate of drug-likeness (QED) is 0.146. The van der Waals surface area contributed by atoms with E-state index >= 15 is 0 Å². The Morgan fingerprint density at radius 1 is 1.19 bits per heavy atom. The van der Waals surface area contributed by atoms with E-state index in [4.69, 9.17) is 23.4 Å². The number of rotatable bonds is 6. The highest BCUT2D eigenvalue weighted by Crippen LogP contribution is 2.46. The zero-order chi connectivity index (χ0) is 27.3. The molecule has 6 nitrogen and oxygen atoms in total. The van der Waals surface area contributed by atoms with E-state index in [0.29, 0.717) is 19.3 Å². The second-order valence-electron chi connectivity index (χ2n) is 11.8. The van der Waals surface area contributed by atoms with Gasteiger partial charge in [-0.25, -0.2) is 0 Å². The predicted molar refractivity (Wildman–Crippen MR) is 151 cm³/mol.